The minimum absolute atomic E-state index is 0.293. The first-order chi connectivity index (χ1) is 12.4. The first-order valence-electron chi connectivity index (χ1n) is 8.84. The van der Waals surface area contributed by atoms with Gasteiger partial charge < -0.3 is 4.57 Å². The average molecular weight is 352 g/mol. The third-order valence-electron chi connectivity index (χ3n) is 4.76. The third-order valence-corrected chi connectivity index (χ3v) is 4.76. The van der Waals surface area contributed by atoms with Crippen LogP contribution in [0.25, 0.3) is 23.3 Å². The van der Waals surface area contributed by atoms with Crippen molar-refractivity contribution in [2.75, 3.05) is 0 Å². The van der Waals surface area contributed by atoms with E-state index < -0.39 is 0 Å². The summed E-state index contributed by atoms with van der Waals surface area (Å²) in [7, 11) is 1.81. The molecule has 0 saturated carbocycles. The lowest BCUT2D eigenvalue weighted by atomic mass is 10.1. The molecule has 26 heavy (non-hydrogen) atoms. The Hall–Kier alpha value is -2.89. The zero-order chi connectivity index (χ0) is 19.0. The number of fused-ring (bicyclic) bond motifs is 1. The van der Waals surface area contributed by atoms with Gasteiger partial charge in [-0.15, -0.1) is 0 Å². The predicted octanol–water partition coefficient (Wildman–Crippen LogP) is 2.72. The summed E-state index contributed by atoms with van der Waals surface area (Å²) in [6.45, 7) is 8.60. The lowest BCUT2D eigenvalue weighted by Crippen LogP contribution is -2.39. The van der Waals surface area contributed by atoms with Crippen LogP contribution in [-0.2, 0) is 20.1 Å². The second-order valence-corrected chi connectivity index (χ2v) is 6.47. The molecule has 136 valence electrons. The smallest absolute Gasteiger partial charge is 0.322 e. The van der Waals surface area contributed by atoms with E-state index in [0.717, 1.165) is 5.56 Å². The second-order valence-electron chi connectivity index (χ2n) is 6.47. The van der Waals surface area contributed by atoms with Crippen molar-refractivity contribution in [3.05, 3.63) is 61.6 Å². The number of aromatic nitrogens is 4. The van der Waals surface area contributed by atoms with Crippen LogP contribution in [0.4, 0.5) is 0 Å². The SMILES string of the molecule is CCn1c(=O)c2c(nc(C=Cc3cc(C)ccc3C)n2C)n(CC)c1=O. The molecule has 0 amide bonds. The fourth-order valence-electron chi connectivity index (χ4n) is 3.20. The minimum atomic E-state index is -0.310. The molecule has 0 aliphatic carbocycles. The number of aryl methyl sites for hydroxylation is 4. The van der Waals surface area contributed by atoms with Gasteiger partial charge >= 0.3 is 5.69 Å². The van der Waals surface area contributed by atoms with Gasteiger partial charge in [-0.1, -0.05) is 29.8 Å². The highest BCUT2D eigenvalue weighted by Gasteiger charge is 2.17. The second kappa shape index (κ2) is 6.78. The summed E-state index contributed by atoms with van der Waals surface area (Å²) in [4.78, 5) is 29.8. The molecule has 0 radical (unpaired) electrons. The Balaban J connectivity index is 2.23. The van der Waals surface area contributed by atoms with E-state index in [4.69, 9.17) is 0 Å². The van der Waals surface area contributed by atoms with Crippen LogP contribution in [0.15, 0.2) is 27.8 Å². The summed E-state index contributed by atoms with van der Waals surface area (Å²) in [5.74, 6) is 0.647. The molecule has 0 atom stereocenters. The first-order valence-corrected chi connectivity index (χ1v) is 8.84. The Bertz CT molecular complexity index is 1130. The van der Waals surface area contributed by atoms with Gasteiger partial charge in [-0.2, -0.15) is 0 Å². The van der Waals surface area contributed by atoms with Crippen LogP contribution >= 0.6 is 0 Å². The maximum atomic E-state index is 12.7. The molecular weight excluding hydrogens is 328 g/mol. The molecule has 1 aromatic carbocycles. The van der Waals surface area contributed by atoms with Gasteiger partial charge in [0, 0.05) is 20.1 Å². The van der Waals surface area contributed by atoms with Gasteiger partial charge in [0.15, 0.2) is 11.2 Å². The van der Waals surface area contributed by atoms with E-state index in [0.29, 0.717) is 30.1 Å². The molecule has 0 aliphatic rings. The van der Waals surface area contributed by atoms with E-state index in [1.165, 1.54) is 15.7 Å². The molecule has 0 fully saturated rings. The number of imidazole rings is 1. The average Bonchev–Trinajstić information content (AvgIpc) is 2.93. The predicted molar refractivity (Wildman–Crippen MR) is 105 cm³/mol. The zero-order valence-corrected chi connectivity index (χ0v) is 15.9. The summed E-state index contributed by atoms with van der Waals surface area (Å²) in [5, 5.41) is 0. The summed E-state index contributed by atoms with van der Waals surface area (Å²) < 4.78 is 4.57. The highest BCUT2D eigenvalue weighted by Crippen LogP contribution is 2.16. The number of hydrogen-bond acceptors (Lipinski definition) is 3. The summed E-state index contributed by atoms with van der Waals surface area (Å²) in [6.07, 6.45) is 3.89. The van der Waals surface area contributed by atoms with E-state index >= 15 is 0 Å². The van der Waals surface area contributed by atoms with Crippen LogP contribution in [0.5, 0.6) is 0 Å². The van der Waals surface area contributed by atoms with Gasteiger partial charge in [-0.05, 0) is 44.9 Å². The summed E-state index contributed by atoms with van der Waals surface area (Å²) in [6, 6.07) is 6.27. The fourth-order valence-corrected chi connectivity index (χ4v) is 3.20. The van der Waals surface area contributed by atoms with Crippen LogP contribution < -0.4 is 11.2 Å². The highest BCUT2D eigenvalue weighted by atomic mass is 16.2. The molecular formula is C20H24N4O2. The molecule has 2 heterocycles. The number of benzene rings is 1. The third kappa shape index (κ3) is 2.81. The van der Waals surface area contributed by atoms with Gasteiger partial charge in [0.1, 0.15) is 5.82 Å². The van der Waals surface area contributed by atoms with Gasteiger partial charge in [0.25, 0.3) is 5.56 Å². The van der Waals surface area contributed by atoms with Crippen molar-refractivity contribution in [2.24, 2.45) is 7.05 Å². The summed E-state index contributed by atoms with van der Waals surface area (Å²) in [5.41, 5.74) is 3.75. The van der Waals surface area contributed by atoms with Crippen molar-refractivity contribution in [3.8, 4) is 0 Å². The van der Waals surface area contributed by atoms with Crippen molar-refractivity contribution >= 4 is 23.3 Å². The van der Waals surface area contributed by atoms with Crippen molar-refractivity contribution in [1.29, 1.82) is 0 Å². The highest BCUT2D eigenvalue weighted by molar-refractivity contribution is 5.77. The van der Waals surface area contributed by atoms with E-state index in [1.807, 2.05) is 26.1 Å². The number of nitrogens with zero attached hydrogens (tertiary/aromatic N) is 4. The largest absolute Gasteiger partial charge is 0.332 e. The molecule has 0 aliphatic heterocycles. The Kier molecular flexibility index (Phi) is 4.68. The number of hydrogen-bond donors (Lipinski definition) is 0. The van der Waals surface area contributed by atoms with Crippen LogP contribution in [0.2, 0.25) is 0 Å². The monoisotopic (exact) mass is 352 g/mol. The van der Waals surface area contributed by atoms with Crippen molar-refractivity contribution in [3.63, 3.8) is 0 Å². The van der Waals surface area contributed by atoms with Crippen LogP contribution in [0, 0.1) is 13.8 Å². The summed E-state index contributed by atoms with van der Waals surface area (Å²) >= 11 is 0. The van der Waals surface area contributed by atoms with E-state index in [-0.39, 0.29) is 11.2 Å². The Morgan fingerprint density at radius 3 is 2.38 bits per heavy atom. The van der Waals surface area contributed by atoms with Gasteiger partial charge in [-0.3, -0.25) is 13.9 Å². The molecule has 2 aromatic heterocycles. The maximum absolute atomic E-state index is 12.7. The maximum Gasteiger partial charge on any atom is 0.332 e. The molecule has 3 rings (SSSR count). The lowest BCUT2D eigenvalue weighted by molar-refractivity contribution is 0.604. The van der Waals surface area contributed by atoms with Crippen molar-refractivity contribution < 1.29 is 0 Å². The van der Waals surface area contributed by atoms with Crippen LogP contribution in [-0.4, -0.2) is 18.7 Å². The minimum Gasteiger partial charge on any atom is -0.322 e. The molecule has 0 spiro atoms. The molecule has 0 N–H and O–H groups in total. The molecule has 0 bridgehead atoms. The Morgan fingerprint density at radius 2 is 1.73 bits per heavy atom. The number of rotatable bonds is 4. The van der Waals surface area contributed by atoms with Crippen molar-refractivity contribution in [1.82, 2.24) is 18.7 Å². The lowest BCUT2D eigenvalue weighted by Gasteiger charge is -2.08. The molecule has 6 nitrogen and oxygen atoms in total. The molecule has 6 heteroatoms. The molecule has 0 unspecified atom stereocenters. The fraction of sp³-hybridized carbons (Fsp3) is 0.350. The van der Waals surface area contributed by atoms with E-state index in [9.17, 15) is 9.59 Å². The molecule has 3 aromatic rings. The quantitative estimate of drug-likeness (QED) is 0.725. The standard InChI is InChI=1S/C20H24N4O2/c1-6-23-18-17(19(25)24(7-2)20(23)26)22(5)16(21-18)11-10-15-12-13(3)8-9-14(15)4/h8-12H,6-7H2,1-5H3. The van der Waals surface area contributed by atoms with Gasteiger partial charge in [-0.25, -0.2) is 9.78 Å². The van der Waals surface area contributed by atoms with E-state index in [2.05, 4.69) is 37.0 Å². The Labute approximate surface area is 152 Å². The zero-order valence-electron chi connectivity index (χ0n) is 15.9. The van der Waals surface area contributed by atoms with Gasteiger partial charge in [0.2, 0.25) is 0 Å². The van der Waals surface area contributed by atoms with Gasteiger partial charge in [0.05, 0.1) is 0 Å². The van der Waals surface area contributed by atoms with Crippen LogP contribution in [0.3, 0.4) is 0 Å². The Morgan fingerprint density at radius 1 is 1.04 bits per heavy atom. The van der Waals surface area contributed by atoms with Crippen LogP contribution in [0.1, 0.15) is 36.4 Å². The molecule has 0 saturated heterocycles. The van der Waals surface area contributed by atoms with Crippen molar-refractivity contribution in [2.45, 2.75) is 40.8 Å². The normalized spacial score (nSPS) is 11.7. The first kappa shape index (κ1) is 17.9. The van der Waals surface area contributed by atoms with E-state index in [1.54, 1.807) is 16.1 Å². The topological polar surface area (TPSA) is 61.8 Å².